The monoisotopic (exact) mass is 192 g/mol. The molecule has 1 aromatic heterocycles. The molecule has 0 atom stereocenters. The Morgan fingerprint density at radius 1 is 1.29 bits per heavy atom. The molecule has 0 spiro atoms. The molecule has 2 rings (SSSR count). The Morgan fingerprint density at radius 3 is 2.57 bits per heavy atom. The van der Waals surface area contributed by atoms with Crippen LogP contribution in [0.5, 0.6) is 0 Å². The van der Waals surface area contributed by atoms with Crippen LogP contribution in [-0.4, -0.2) is 29.6 Å². The molecule has 1 aliphatic rings. The molecule has 2 heteroatoms. The number of aryl methyl sites for hydroxylation is 1. The van der Waals surface area contributed by atoms with Crippen molar-refractivity contribution in [2.24, 2.45) is 13.0 Å². The van der Waals surface area contributed by atoms with Gasteiger partial charge in [0.25, 0.3) is 0 Å². The van der Waals surface area contributed by atoms with E-state index in [4.69, 9.17) is 0 Å². The Bertz CT molecular complexity index is 282. The van der Waals surface area contributed by atoms with Gasteiger partial charge in [-0.3, -0.25) is 0 Å². The quantitative estimate of drug-likeness (QED) is 0.695. The van der Waals surface area contributed by atoms with Gasteiger partial charge in [0.15, 0.2) is 0 Å². The lowest BCUT2D eigenvalue weighted by molar-refractivity contribution is 0.217. The van der Waals surface area contributed by atoms with Crippen LogP contribution in [0, 0.1) is 5.92 Å². The first-order valence-electron chi connectivity index (χ1n) is 5.54. The maximum Gasteiger partial charge on any atom is 0.0174 e. The first-order valence-corrected chi connectivity index (χ1v) is 5.54. The van der Waals surface area contributed by atoms with Crippen LogP contribution in [0.2, 0.25) is 0 Å². The minimum atomic E-state index is 0.903. The molecule has 0 aliphatic carbocycles. The van der Waals surface area contributed by atoms with Crippen molar-refractivity contribution in [3.05, 3.63) is 24.0 Å². The molecule has 0 saturated carbocycles. The lowest BCUT2D eigenvalue weighted by Crippen LogP contribution is -2.31. The van der Waals surface area contributed by atoms with Crippen molar-refractivity contribution in [1.82, 2.24) is 9.47 Å². The first-order chi connectivity index (χ1) is 6.75. The Morgan fingerprint density at radius 2 is 2.00 bits per heavy atom. The summed E-state index contributed by atoms with van der Waals surface area (Å²) in [7, 11) is 4.36. The van der Waals surface area contributed by atoms with E-state index >= 15 is 0 Å². The molecule has 1 aromatic rings. The summed E-state index contributed by atoms with van der Waals surface area (Å²) in [5.74, 6) is 0.903. The van der Waals surface area contributed by atoms with Gasteiger partial charge in [-0.15, -0.1) is 0 Å². The Hall–Kier alpha value is -0.760. The predicted octanol–water partition coefficient (Wildman–Crippen LogP) is 1.91. The van der Waals surface area contributed by atoms with Crippen LogP contribution in [-0.2, 0) is 13.5 Å². The Balaban J connectivity index is 1.89. The molecule has 0 unspecified atom stereocenters. The predicted molar refractivity (Wildman–Crippen MR) is 59.3 cm³/mol. The second-order valence-electron chi connectivity index (χ2n) is 4.56. The third-order valence-electron chi connectivity index (χ3n) is 3.39. The molecule has 1 fully saturated rings. The number of likely N-dealkylation sites (tertiary alicyclic amines) is 1. The van der Waals surface area contributed by atoms with E-state index in [9.17, 15) is 0 Å². The van der Waals surface area contributed by atoms with Gasteiger partial charge in [0.2, 0.25) is 0 Å². The molecule has 0 aromatic carbocycles. The van der Waals surface area contributed by atoms with Gasteiger partial charge in [-0.1, -0.05) is 0 Å². The van der Waals surface area contributed by atoms with Crippen molar-refractivity contribution in [3.8, 4) is 0 Å². The molecule has 0 N–H and O–H groups in total. The average molecular weight is 192 g/mol. The summed E-state index contributed by atoms with van der Waals surface area (Å²) in [5, 5.41) is 0. The van der Waals surface area contributed by atoms with E-state index in [2.05, 4.69) is 41.9 Å². The van der Waals surface area contributed by atoms with Gasteiger partial charge in [0, 0.05) is 18.9 Å². The van der Waals surface area contributed by atoms with Crippen LogP contribution in [0.25, 0.3) is 0 Å². The highest BCUT2D eigenvalue weighted by molar-refractivity contribution is 5.07. The topological polar surface area (TPSA) is 8.17 Å². The second-order valence-corrected chi connectivity index (χ2v) is 4.56. The summed E-state index contributed by atoms with van der Waals surface area (Å²) in [6.07, 6.45) is 6.13. The minimum absolute atomic E-state index is 0.903. The van der Waals surface area contributed by atoms with Crippen LogP contribution in [0.3, 0.4) is 0 Å². The molecule has 0 radical (unpaired) electrons. The van der Waals surface area contributed by atoms with E-state index in [1.54, 1.807) is 0 Å². The zero-order valence-corrected chi connectivity index (χ0v) is 9.24. The summed E-state index contributed by atoms with van der Waals surface area (Å²) >= 11 is 0. The maximum absolute atomic E-state index is 2.43. The molecule has 2 heterocycles. The second kappa shape index (κ2) is 4.18. The van der Waals surface area contributed by atoms with Crippen molar-refractivity contribution < 1.29 is 0 Å². The lowest BCUT2D eigenvalue weighted by Gasteiger charge is -2.28. The number of hydrogen-bond acceptors (Lipinski definition) is 1. The normalized spacial score (nSPS) is 20.1. The van der Waals surface area contributed by atoms with Crippen LogP contribution in [0.4, 0.5) is 0 Å². The van der Waals surface area contributed by atoms with Crippen LogP contribution in [0.1, 0.15) is 18.5 Å². The smallest absolute Gasteiger partial charge is 0.0174 e. The fourth-order valence-electron chi connectivity index (χ4n) is 2.27. The molecule has 14 heavy (non-hydrogen) atoms. The van der Waals surface area contributed by atoms with Crippen molar-refractivity contribution in [2.45, 2.75) is 19.3 Å². The highest BCUT2D eigenvalue weighted by Crippen LogP contribution is 2.20. The van der Waals surface area contributed by atoms with Gasteiger partial charge in [-0.2, -0.15) is 0 Å². The highest BCUT2D eigenvalue weighted by atomic mass is 15.1. The van der Waals surface area contributed by atoms with E-state index < -0.39 is 0 Å². The number of aromatic nitrogens is 1. The largest absolute Gasteiger partial charge is 0.354 e. The van der Waals surface area contributed by atoms with Gasteiger partial charge in [0.05, 0.1) is 0 Å². The van der Waals surface area contributed by atoms with Crippen molar-refractivity contribution in [1.29, 1.82) is 0 Å². The molecule has 2 nitrogen and oxygen atoms in total. The van der Waals surface area contributed by atoms with Gasteiger partial charge >= 0.3 is 0 Å². The summed E-state index contributed by atoms with van der Waals surface area (Å²) < 4.78 is 2.25. The Labute approximate surface area is 86.5 Å². The number of piperidine rings is 1. The van der Waals surface area contributed by atoms with E-state index in [1.165, 1.54) is 38.0 Å². The zero-order valence-electron chi connectivity index (χ0n) is 9.24. The summed E-state index contributed by atoms with van der Waals surface area (Å²) in [6, 6.07) is 4.39. The van der Waals surface area contributed by atoms with Crippen molar-refractivity contribution >= 4 is 0 Å². The van der Waals surface area contributed by atoms with Gasteiger partial charge < -0.3 is 9.47 Å². The number of nitrogens with zero attached hydrogens (tertiary/aromatic N) is 2. The highest BCUT2D eigenvalue weighted by Gasteiger charge is 2.17. The van der Waals surface area contributed by atoms with E-state index in [1.807, 2.05) is 0 Å². The third kappa shape index (κ3) is 2.18. The van der Waals surface area contributed by atoms with Crippen LogP contribution < -0.4 is 0 Å². The standard InChI is InChI=1S/C12H20N2/c1-13-8-5-11(6-9-13)10-12-4-3-7-14(12)2/h3-4,7,11H,5-6,8-10H2,1-2H3. The fraction of sp³-hybridized carbons (Fsp3) is 0.667. The van der Waals surface area contributed by atoms with Gasteiger partial charge in [0.1, 0.15) is 0 Å². The van der Waals surface area contributed by atoms with Gasteiger partial charge in [-0.25, -0.2) is 0 Å². The average Bonchev–Trinajstić information content (AvgIpc) is 2.56. The molecule has 1 saturated heterocycles. The third-order valence-corrected chi connectivity index (χ3v) is 3.39. The molecule has 0 amide bonds. The number of hydrogen-bond donors (Lipinski definition) is 0. The zero-order chi connectivity index (χ0) is 9.97. The minimum Gasteiger partial charge on any atom is -0.354 e. The molecular weight excluding hydrogens is 172 g/mol. The first kappa shape index (κ1) is 9.78. The van der Waals surface area contributed by atoms with Crippen LogP contribution >= 0.6 is 0 Å². The fourth-order valence-corrected chi connectivity index (χ4v) is 2.27. The molecular formula is C12H20N2. The SMILES string of the molecule is CN1CCC(Cc2cccn2C)CC1. The van der Waals surface area contributed by atoms with Crippen molar-refractivity contribution in [3.63, 3.8) is 0 Å². The Kier molecular flexibility index (Phi) is 2.92. The van der Waals surface area contributed by atoms with E-state index in [-0.39, 0.29) is 0 Å². The van der Waals surface area contributed by atoms with Crippen molar-refractivity contribution in [2.75, 3.05) is 20.1 Å². The van der Waals surface area contributed by atoms with E-state index in [0.29, 0.717) is 0 Å². The summed E-state index contributed by atoms with van der Waals surface area (Å²) in [6.45, 7) is 2.55. The molecule has 78 valence electrons. The lowest BCUT2D eigenvalue weighted by atomic mass is 9.92. The summed E-state index contributed by atoms with van der Waals surface area (Å²) in [5.41, 5.74) is 1.49. The van der Waals surface area contributed by atoms with Gasteiger partial charge in [-0.05, 0) is 57.5 Å². The molecule has 1 aliphatic heterocycles. The summed E-state index contributed by atoms with van der Waals surface area (Å²) in [4.78, 5) is 2.43. The van der Waals surface area contributed by atoms with Crippen LogP contribution in [0.15, 0.2) is 18.3 Å². The number of rotatable bonds is 2. The van der Waals surface area contributed by atoms with E-state index in [0.717, 1.165) is 5.92 Å². The maximum atomic E-state index is 2.43. The molecule has 0 bridgehead atoms.